The van der Waals surface area contributed by atoms with E-state index in [1.807, 2.05) is 54.6 Å². The van der Waals surface area contributed by atoms with Crippen LogP contribution in [-0.2, 0) is 51.8 Å². The summed E-state index contributed by atoms with van der Waals surface area (Å²) in [6.45, 7) is 2.82. The van der Waals surface area contributed by atoms with Crippen molar-refractivity contribution in [3.05, 3.63) is 175 Å². The smallest absolute Gasteiger partial charge is 0.331 e. The van der Waals surface area contributed by atoms with Gasteiger partial charge in [0.1, 0.15) is 0 Å². The number of amides is 3. The molecule has 7 aromatic rings. The summed E-state index contributed by atoms with van der Waals surface area (Å²) >= 11 is 1.23. The Balaban J connectivity index is 0.000000193. The zero-order chi connectivity index (χ0) is 50.2. The monoisotopic (exact) mass is 990 g/mol. The summed E-state index contributed by atoms with van der Waals surface area (Å²) in [4.78, 5) is 81.5. The molecule has 0 spiro atoms. The highest BCUT2D eigenvalue weighted by Gasteiger charge is 2.19. The number of nitrogens with zero attached hydrogens (tertiary/aromatic N) is 5. The molecule has 0 radical (unpaired) electrons. The molecule has 1 fully saturated rings. The fraction of sp³-hybridized carbons (Fsp3) is 0.296. The number of carbonyl (C=O) groups excluding carboxylic acids is 3. The second kappa shape index (κ2) is 24.7. The number of nitrogens with one attached hydrogen (secondary N) is 3. The van der Waals surface area contributed by atoms with Crippen LogP contribution in [0.1, 0.15) is 60.8 Å². The molecular weight excluding hydrogens is 937 g/mol. The van der Waals surface area contributed by atoms with Crippen LogP contribution in [0.15, 0.2) is 141 Å². The van der Waals surface area contributed by atoms with Gasteiger partial charge in [0.2, 0.25) is 24.5 Å². The van der Waals surface area contributed by atoms with Gasteiger partial charge in [-0.2, -0.15) is 5.26 Å². The van der Waals surface area contributed by atoms with E-state index in [1.54, 1.807) is 71.3 Å². The lowest BCUT2D eigenvalue weighted by Crippen LogP contribution is -2.40. The molecule has 4 heterocycles. The van der Waals surface area contributed by atoms with Crippen LogP contribution in [0.2, 0.25) is 0 Å². The van der Waals surface area contributed by atoms with Crippen LogP contribution >= 0.6 is 11.8 Å². The Kier molecular flexibility index (Phi) is 17.3. The zero-order valence-electron chi connectivity index (χ0n) is 39.5. The molecule has 1 unspecified atom stereocenters. The highest BCUT2D eigenvalue weighted by atomic mass is 32.2. The van der Waals surface area contributed by atoms with E-state index in [9.17, 15) is 34.0 Å². The van der Waals surface area contributed by atoms with Gasteiger partial charge >= 0.3 is 5.69 Å². The summed E-state index contributed by atoms with van der Waals surface area (Å²) in [6, 6.07) is 38.5. The number of hydrogen-bond donors (Lipinski definition) is 3. The summed E-state index contributed by atoms with van der Waals surface area (Å²) in [6.07, 6.45) is 3.30. The average Bonchev–Trinajstić information content (AvgIpc) is 4.13. The fourth-order valence-electron chi connectivity index (χ4n) is 8.35. The van der Waals surface area contributed by atoms with Crippen LogP contribution in [-0.4, -0.2) is 68.2 Å². The molecule has 3 N–H and O–H groups in total. The van der Waals surface area contributed by atoms with Crippen molar-refractivity contribution in [2.75, 3.05) is 25.7 Å². The first kappa shape index (κ1) is 50.4. The summed E-state index contributed by atoms with van der Waals surface area (Å²) in [5.74, 6) is 1.09. The molecule has 72 heavy (non-hydrogen) atoms. The topological polar surface area (TPSA) is 218 Å². The molecule has 5 aromatic carbocycles. The first-order valence-corrected chi connectivity index (χ1v) is 24.8. The van der Waals surface area contributed by atoms with E-state index in [0.29, 0.717) is 88.6 Å². The van der Waals surface area contributed by atoms with Gasteiger partial charge in [0.05, 0.1) is 51.8 Å². The maximum absolute atomic E-state index is 13.4. The van der Waals surface area contributed by atoms with Crippen LogP contribution < -0.4 is 42.2 Å². The number of hydrogen-bond acceptors (Lipinski definition) is 12. The molecule has 2 aliphatic rings. The summed E-state index contributed by atoms with van der Waals surface area (Å²) in [7, 11) is 0. The van der Waals surface area contributed by atoms with Gasteiger partial charge < -0.3 is 30.2 Å². The minimum atomic E-state index is -0.475. The van der Waals surface area contributed by atoms with E-state index < -0.39 is 11.2 Å². The van der Waals surface area contributed by atoms with E-state index >= 15 is 0 Å². The minimum Gasteiger partial charge on any atom is -0.454 e. The molecule has 1 atom stereocenters. The number of thioether (sulfide) groups is 1. The van der Waals surface area contributed by atoms with Gasteiger partial charge in [-0.3, -0.25) is 37.7 Å². The van der Waals surface area contributed by atoms with E-state index in [4.69, 9.17) is 14.2 Å². The lowest BCUT2D eigenvalue weighted by atomic mass is 10.1. The van der Waals surface area contributed by atoms with E-state index in [2.05, 4.69) is 27.0 Å². The maximum atomic E-state index is 13.4. The quantitative estimate of drug-likeness (QED) is 0.0649. The number of carbonyl (C=O) groups is 3. The van der Waals surface area contributed by atoms with Crippen LogP contribution in [0.3, 0.4) is 0 Å². The molecule has 2 aromatic heterocycles. The van der Waals surface area contributed by atoms with Gasteiger partial charge in [-0.25, -0.2) is 9.78 Å². The molecule has 3 amide bonds. The summed E-state index contributed by atoms with van der Waals surface area (Å²) in [5, 5.41) is 19.5. The highest BCUT2D eigenvalue weighted by Crippen LogP contribution is 2.32. The predicted octanol–water partition coefficient (Wildman–Crippen LogP) is 5.79. The van der Waals surface area contributed by atoms with Crippen molar-refractivity contribution in [2.24, 2.45) is 0 Å². The van der Waals surface area contributed by atoms with Gasteiger partial charge in [-0.05, 0) is 84.8 Å². The van der Waals surface area contributed by atoms with Crippen molar-refractivity contribution in [3.8, 4) is 17.6 Å². The Morgan fingerprint density at radius 1 is 0.694 bits per heavy atom. The number of nitriles is 1. The SMILES string of the molecule is N#Cc1ccccc1Cn1c(=O)n(CCCC(=O)NCc2ccc3c(c2)OCO3)c(=O)c2ccccc21.O=C(CCCn1c(SCC(=O)NCC2CCCO2)nc2ccccc2c1=O)NCc1ccccc1. The number of ether oxygens (including phenoxy) is 3. The van der Waals surface area contributed by atoms with Gasteiger partial charge in [-0.15, -0.1) is 0 Å². The summed E-state index contributed by atoms with van der Waals surface area (Å²) in [5.41, 5.74) is 3.13. The van der Waals surface area contributed by atoms with Crippen molar-refractivity contribution in [2.45, 2.75) is 82.5 Å². The zero-order valence-corrected chi connectivity index (χ0v) is 40.4. The largest absolute Gasteiger partial charge is 0.454 e. The average molecular weight is 991 g/mol. The second-order valence-corrected chi connectivity index (χ2v) is 18.1. The molecule has 0 aliphatic carbocycles. The Hall–Kier alpha value is -8.01. The van der Waals surface area contributed by atoms with Crippen LogP contribution in [0.25, 0.3) is 21.8 Å². The molecule has 17 nitrogen and oxygen atoms in total. The number of para-hydroxylation sites is 2. The second-order valence-electron chi connectivity index (χ2n) is 17.1. The van der Waals surface area contributed by atoms with Crippen molar-refractivity contribution >= 4 is 51.3 Å². The number of benzene rings is 5. The molecule has 0 saturated carbocycles. The highest BCUT2D eigenvalue weighted by molar-refractivity contribution is 7.99. The lowest BCUT2D eigenvalue weighted by molar-refractivity contribution is -0.122. The molecule has 2 aliphatic heterocycles. The van der Waals surface area contributed by atoms with Gasteiger partial charge in [0.15, 0.2) is 16.7 Å². The van der Waals surface area contributed by atoms with E-state index in [-0.39, 0.29) is 67.9 Å². The van der Waals surface area contributed by atoms with Gasteiger partial charge in [0.25, 0.3) is 11.1 Å². The fourth-order valence-corrected chi connectivity index (χ4v) is 9.20. The van der Waals surface area contributed by atoms with Crippen LogP contribution in [0.5, 0.6) is 11.5 Å². The van der Waals surface area contributed by atoms with E-state index in [0.717, 1.165) is 30.6 Å². The third-order valence-electron chi connectivity index (χ3n) is 12.1. The molecule has 18 heteroatoms. The first-order chi connectivity index (χ1) is 35.1. The Morgan fingerprint density at radius 2 is 1.36 bits per heavy atom. The first-order valence-electron chi connectivity index (χ1n) is 23.8. The van der Waals surface area contributed by atoms with Crippen molar-refractivity contribution in [1.29, 1.82) is 5.26 Å². The molecule has 0 bridgehead atoms. The normalized spacial score (nSPS) is 13.5. The van der Waals surface area contributed by atoms with Gasteiger partial charge in [0, 0.05) is 52.2 Å². The Labute approximate surface area is 418 Å². The van der Waals surface area contributed by atoms with Crippen molar-refractivity contribution < 1.29 is 28.6 Å². The molecule has 370 valence electrons. The minimum absolute atomic E-state index is 0.0710. The number of aromatic nitrogens is 4. The van der Waals surface area contributed by atoms with Crippen LogP contribution in [0, 0.1) is 11.3 Å². The standard InChI is InChI=1S/C28H24N4O5.C26H30N4O4S/c29-15-20-6-1-2-7-21(20)17-32-23-9-4-3-8-22(23)27(34)31(28(32)35)13-5-10-26(33)30-16-19-11-12-24-25(14-19)37-18-36-24;31-23(27-16-19-8-2-1-3-9-19)13-6-14-30-25(33)21-11-4-5-12-22(21)29-26(30)35-18-24(32)28-17-20-10-7-15-34-20/h1-4,6-9,11-12,14H,5,10,13,16-18H2,(H,30,33);1-5,8-9,11-12,20H,6-7,10,13-18H2,(H,27,31)(H,28,32). The van der Waals surface area contributed by atoms with Crippen molar-refractivity contribution in [1.82, 2.24) is 34.6 Å². The third-order valence-corrected chi connectivity index (χ3v) is 13.1. The molecule has 1 saturated heterocycles. The number of fused-ring (bicyclic) bond motifs is 3. The van der Waals surface area contributed by atoms with Gasteiger partial charge in [-0.1, -0.05) is 90.6 Å². The Bertz CT molecular complexity index is 3290. The van der Waals surface area contributed by atoms with Crippen LogP contribution in [0.4, 0.5) is 0 Å². The third kappa shape index (κ3) is 13.0. The van der Waals surface area contributed by atoms with Crippen molar-refractivity contribution in [3.63, 3.8) is 0 Å². The lowest BCUT2D eigenvalue weighted by Gasteiger charge is -2.15. The summed E-state index contributed by atoms with van der Waals surface area (Å²) < 4.78 is 20.4. The van der Waals surface area contributed by atoms with E-state index in [1.165, 1.54) is 20.9 Å². The molecular formula is C54H54N8O9S. The maximum Gasteiger partial charge on any atom is 0.331 e. The predicted molar refractivity (Wildman–Crippen MR) is 273 cm³/mol. The number of rotatable bonds is 19. The molecule has 9 rings (SSSR count). The Morgan fingerprint density at radius 3 is 2.12 bits per heavy atom.